The number of nitrogens with zero attached hydrogens (tertiary/aromatic N) is 1. The zero-order valence-corrected chi connectivity index (χ0v) is 11.7. The second-order valence-corrected chi connectivity index (χ2v) is 4.76. The van der Waals surface area contributed by atoms with E-state index in [9.17, 15) is 9.59 Å². The molecule has 1 aliphatic heterocycles. The van der Waals surface area contributed by atoms with Gasteiger partial charge in [-0.2, -0.15) is 0 Å². The molecule has 20 heavy (non-hydrogen) atoms. The number of nitrogens with one attached hydrogen (secondary N) is 1. The molecule has 0 aliphatic carbocycles. The third kappa shape index (κ3) is 3.47. The van der Waals surface area contributed by atoms with Gasteiger partial charge in [0.25, 0.3) is 5.91 Å². The van der Waals surface area contributed by atoms with Crippen LogP contribution in [-0.2, 0) is 9.53 Å². The first kappa shape index (κ1) is 14.8. The summed E-state index contributed by atoms with van der Waals surface area (Å²) in [4.78, 5) is 25.2. The molecule has 1 fully saturated rings. The van der Waals surface area contributed by atoms with Crippen LogP contribution in [0.25, 0.3) is 0 Å². The number of benzene rings is 1. The molecule has 108 valence electrons. The van der Waals surface area contributed by atoms with Gasteiger partial charge < -0.3 is 20.7 Å². The van der Waals surface area contributed by atoms with Gasteiger partial charge in [-0.25, -0.2) is 0 Å². The van der Waals surface area contributed by atoms with Crippen molar-refractivity contribution in [1.29, 1.82) is 0 Å². The van der Waals surface area contributed by atoms with Crippen molar-refractivity contribution in [2.45, 2.75) is 0 Å². The number of halogens is 1. The second kappa shape index (κ2) is 6.69. The molecule has 3 N–H and O–H groups in total. The molecular formula is C13H16ClN3O3. The van der Waals surface area contributed by atoms with E-state index in [0.29, 0.717) is 42.6 Å². The van der Waals surface area contributed by atoms with Crippen molar-refractivity contribution in [1.82, 2.24) is 4.90 Å². The summed E-state index contributed by atoms with van der Waals surface area (Å²) < 4.78 is 5.20. The summed E-state index contributed by atoms with van der Waals surface area (Å²) in [5.41, 5.74) is 6.15. The maximum atomic E-state index is 12.3. The van der Waals surface area contributed by atoms with Gasteiger partial charge in [-0.05, 0) is 18.2 Å². The number of hydrogen-bond donors (Lipinski definition) is 2. The SMILES string of the molecule is NCC(=O)Nc1ccc(C(=O)N2CCOCC2)c(Cl)c1. The molecule has 1 saturated heterocycles. The Morgan fingerprint density at radius 2 is 2.05 bits per heavy atom. The zero-order chi connectivity index (χ0) is 14.5. The van der Waals surface area contributed by atoms with Crippen LogP contribution >= 0.6 is 11.6 Å². The molecule has 7 heteroatoms. The van der Waals surface area contributed by atoms with E-state index in [1.165, 1.54) is 0 Å². The molecule has 2 amide bonds. The molecule has 1 aromatic carbocycles. The third-order valence-corrected chi connectivity index (χ3v) is 3.28. The van der Waals surface area contributed by atoms with Gasteiger partial charge in [0.2, 0.25) is 5.91 Å². The van der Waals surface area contributed by atoms with Crippen molar-refractivity contribution in [3.63, 3.8) is 0 Å². The summed E-state index contributed by atoms with van der Waals surface area (Å²) in [5, 5.41) is 2.89. The lowest BCUT2D eigenvalue weighted by atomic mass is 10.1. The van der Waals surface area contributed by atoms with E-state index in [0.717, 1.165) is 0 Å². The molecular weight excluding hydrogens is 282 g/mol. The van der Waals surface area contributed by atoms with E-state index in [-0.39, 0.29) is 18.4 Å². The Kier molecular flexibility index (Phi) is 4.94. The number of amides is 2. The summed E-state index contributed by atoms with van der Waals surface area (Å²) in [6, 6.07) is 4.78. The van der Waals surface area contributed by atoms with Crippen molar-refractivity contribution in [2.24, 2.45) is 5.73 Å². The monoisotopic (exact) mass is 297 g/mol. The van der Waals surface area contributed by atoms with Gasteiger partial charge in [0, 0.05) is 18.8 Å². The minimum Gasteiger partial charge on any atom is -0.378 e. The van der Waals surface area contributed by atoms with Crippen LogP contribution in [0.5, 0.6) is 0 Å². The average molecular weight is 298 g/mol. The van der Waals surface area contributed by atoms with Crippen molar-refractivity contribution in [3.8, 4) is 0 Å². The van der Waals surface area contributed by atoms with Crippen LogP contribution in [0.2, 0.25) is 5.02 Å². The van der Waals surface area contributed by atoms with E-state index in [1.807, 2.05) is 0 Å². The Labute approximate surface area is 121 Å². The Hall–Kier alpha value is -1.63. The van der Waals surface area contributed by atoms with Crippen molar-refractivity contribution < 1.29 is 14.3 Å². The highest BCUT2D eigenvalue weighted by molar-refractivity contribution is 6.34. The molecule has 6 nitrogen and oxygen atoms in total. The Balaban J connectivity index is 2.12. The molecule has 0 radical (unpaired) electrons. The number of morpholine rings is 1. The van der Waals surface area contributed by atoms with Gasteiger partial charge in [0.15, 0.2) is 0 Å². The quantitative estimate of drug-likeness (QED) is 0.860. The van der Waals surface area contributed by atoms with Gasteiger partial charge in [-0.15, -0.1) is 0 Å². The van der Waals surface area contributed by atoms with E-state index >= 15 is 0 Å². The molecule has 0 saturated carbocycles. The van der Waals surface area contributed by atoms with Crippen LogP contribution in [0, 0.1) is 0 Å². The standard InChI is InChI=1S/C13H16ClN3O3/c14-11-7-9(16-12(18)8-15)1-2-10(11)13(19)17-3-5-20-6-4-17/h1-2,7H,3-6,8,15H2,(H,16,18). The Morgan fingerprint density at radius 1 is 1.35 bits per heavy atom. The minimum absolute atomic E-state index is 0.105. The molecule has 1 aromatic rings. The maximum absolute atomic E-state index is 12.3. The van der Waals surface area contributed by atoms with Crippen LogP contribution < -0.4 is 11.1 Å². The lowest BCUT2D eigenvalue weighted by molar-refractivity contribution is -0.114. The number of carbonyl (C=O) groups is 2. The maximum Gasteiger partial charge on any atom is 0.255 e. The van der Waals surface area contributed by atoms with Gasteiger partial charge >= 0.3 is 0 Å². The first-order chi connectivity index (χ1) is 9.61. The highest BCUT2D eigenvalue weighted by Crippen LogP contribution is 2.22. The van der Waals surface area contributed by atoms with E-state index in [1.54, 1.807) is 23.1 Å². The van der Waals surface area contributed by atoms with Crippen molar-refractivity contribution in [3.05, 3.63) is 28.8 Å². The molecule has 0 unspecified atom stereocenters. The Bertz CT molecular complexity index is 516. The van der Waals surface area contributed by atoms with Gasteiger partial charge in [-0.3, -0.25) is 9.59 Å². The molecule has 0 spiro atoms. The number of anilines is 1. The van der Waals surface area contributed by atoms with Crippen LogP contribution in [0.4, 0.5) is 5.69 Å². The smallest absolute Gasteiger partial charge is 0.255 e. The van der Waals surface area contributed by atoms with Crippen LogP contribution in [0.15, 0.2) is 18.2 Å². The predicted octanol–water partition coefficient (Wildman–Crippen LogP) is 0.710. The second-order valence-electron chi connectivity index (χ2n) is 4.35. The fourth-order valence-electron chi connectivity index (χ4n) is 1.92. The minimum atomic E-state index is -0.312. The van der Waals surface area contributed by atoms with Crippen LogP contribution in [0.1, 0.15) is 10.4 Å². The van der Waals surface area contributed by atoms with E-state index < -0.39 is 0 Å². The third-order valence-electron chi connectivity index (χ3n) is 2.97. The predicted molar refractivity (Wildman–Crippen MR) is 75.9 cm³/mol. The highest BCUT2D eigenvalue weighted by Gasteiger charge is 2.20. The summed E-state index contributed by atoms with van der Waals surface area (Å²) in [7, 11) is 0. The molecule has 0 aromatic heterocycles. The number of ether oxygens (including phenoxy) is 1. The highest BCUT2D eigenvalue weighted by atomic mass is 35.5. The topological polar surface area (TPSA) is 84.7 Å². The number of carbonyl (C=O) groups excluding carboxylic acids is 2. The lowest BCUT2D eigenvalue weighted by Gasteiger charge is -2.27. The summed E-state index contributed by atoms with van der Waals surface area (Å²) in [5.74, 6) is -0.441. The largest absolute Gasteiger partial charge is 0.378 e. The zero-order valence-electron chi connectivity index (χ0n) is 10.9. The summed E-state index contributed by atoms with van der Waals surface area (Å²) >= 11 is 6.11. The van der Waals surface area contributed by atoms with Crippen LogP contribution in [-0.4, -0.2) is 49.6 Å². The first-order valence-electron chi connectivity index (χ1n) is 6.28. The summed E-state index contributed by atoms with van der Waals surface area (Å²) in [6.45, 7) is 2.08. The van der Waals surface area contributed by atoms with Gasteiger partial charge in [0.1, 0.15) is 0 Å². The first-order valence-corrected chi connectivity index (χ1v) is 6.66. The lowest BCUT2D eigenvalue weighted by Crippen LogP contribution is -2.40. The van der Waals surface area contributed by atoms with Gasteiger partial charge in [0.05, 0.1) is 30.3 Å². The van der Waals surface area contributed by atoms with Gasteiger partial charge in [-0.1, -0.05) is 11.6 Å². The normalized spacial score (nSPS) is 15.0. The fourth-order valence-corrected chi connectivity index (χ4v) is 2.18. The molecule has 2 rings (SSSR count). The summed E-state index contributed by atoms with van der Waals surface area (Å²) in [6.07, 6.45) is 0. The number of hydrogen-bond acceptors (Lipinski definition) is 4. The number of rotatable bonds is 3. The van der Waals surface area contributed by atoms with E-state index in [2.05, 4.69) is 5.32 Å². The number of nitrogens with two attached hydrogens (primary N) is 1. The molecule has 1 heterocycles. The molecule has 0 atom stereocenters. The molecule has 1 aliphatic rings. The van der Waals surface area contributed by atoms with Crippen molar-refractivity contribution in [2.75, 3.05) is 38.2 Å². The fraction of sp³-hybridized carbons (Fsp3) is 0.385. The van der Waals surface area contributed by atoms with Crippen molar-refractivity contribution >= 4 is 29.1 Å². The Morgan fingerprint density at radius 3 is 2.65 bits per heavy atom. The average Bonchev–Trinajstić information content (AvgIpc) is 2.47. The van der Waals surface area contributed by atoms with E-state index in [4.69, 9.17) is 22.1 Å². The molecule has 0 bridgehead atoms. The van der Waals surface area contributed by atoms with Crippen LogP contribution in [0.3, 0.4) is 0 Å².